The van der Waals surface area contributed by atoms with Crippen LogP contribution in [0.15, 0.2) is 55.0 Å². The van der Waals surface area contributed by atoms with Gasteiger partial charge < -0.3 is 5.01 Å². The van der Waals surface area contributed by atoms with Crippen molar-refractivity contribution in [3.63, 3.8) is 0 Å². The van der Waals surface area contributed by atoms with Gasteiger partial charge in [-0.05, 0) is 42.0 Å². The van der Waals surface area contributed by atoms with Gasteiger partial charge in [-0.2, -0.15) is 9.89 Å². The fourth-order valence-electron chi connectivity index (χ4n) is 2.13. The van der Waals surface area contributed by atoms with Gasteiger partial charge in [0, 0.05) is 37.6 Å². The predicted octanol–water partition coefficient (Wildman–Crippen LogP) is 2.95. The van der Waals surface area contributed by atoms with Crippen LogP contribution in [0.4, 0.5) is 4.39 Å². The zero-order valence-corrected chi connectivity index (χ0v) is 11.9. The van der Waals surface area contributed by atoms with Crippen LogP contribution in [0.3, 0.4) is 0 Å². The van der Waals surface area contributed by atoms with Gasteiger partial charge in [0.1, 0.15) is 11.5 Å². The largest absolute Gasteiger partial charge is 0.303 e. The molecule has 0 saturated heterocycles. The van der Waals surface area contributed by atoms with Crippen molar-refractivity contribution >= 4 is 0 Å². The molecule has 0 spiro atoms. The van der Waals surface area contributed by atoms with Gasteiger partial charge in [0.05, 0.1) is 6.20 Å². The molecule has 0 amide bonds. The summed E-state index contributed by atoms with van der Waals surface area (Å²) >= 11 is 0. The summed E-state index contributed by atoms with van der Waals surface area (Å²) in [4.78, 5) is 5.80. The van der Waals surface area contributed by atoms with Gasteiger partial charge >= 0.3 is 0 Å². The Morgan fingerprint density at radius 2 is 1.62 bits per heavy atom. The molecule has 0 unspecified atom stereocenters. The van der Waals surface area contributed by atoms with E-state index >= 15 is 0 Å². The SMILES string of the molecule is CN(C)n1cc(-c2ccncc2)c(-c2ccc(F)cc2)n1. The number of aromatic nitrogens is 3. The lowest BCUT2D eigenvalue weighted by Crippen LogP contribution is -2.25. The van der Waals surface area contributed by atoms with Gasteiger partial charge in [-0.3, -0.25) is 4.98 Å². The maximum absolute atomic E-state index is 13.1. The van der Waals surface area contributed by atoms with Crippen molar-refractivity contribution in [1.82, 2.24) is 14.9 Å². The quantitative estimate of drug-likeness (QED) is 0.740. The summed E-state index contributed by atoms with van der Waals surface area (Å²) in [6.45, 7) is 0. The van der Waals surface area contributed by atoms with Gasteiger partial charge in [-0.1, -0.05) is 0 Å². The molecule has 2 heterocycles. The van der Waals surface area contributed by atoms with Crippen molar-refractivity contribution in [2.45, 2.75) is 0 Å². The molecular formula is C16H15FN4. The maximum atomic E-state index is 13.1. The Labute approximate surface area is 122 Å². The van der Waals surface area contributed by atoms with Crippen LogP contribution in [0.1, 0.15) is 0 Å². The van der Waals surface area contributed by atoms with E-state index in [1.807, 2.05) is 37.4 Å². The minimum absolute atomic E-state index is 0.253. The first-order valence-corrected chi connectivity index (χ1v) is 6.59. The molecule has 3 rings (SSSR count). The van der Waals surface area contributed by atoms with E-state index in [-0.39, 0.29) is 5.82 Å². The van der Waals surface area contributed by atoms with E-state index in [2.05, 4.69) is 10.1 Å². The molecule has 4 nitrogen and oxygen atoms in total. The Morgan fingerprint density at radius 1 is 0.952 bits per heavy atom. The highest BCUT2D eigenvalue weighted by atomic mass is 19.1. The molecule has 0 radical (unpaired) electrons. The molecule has 0 aliphatic rings. The topological polar surface area (TPSA) is 34.0 Å². The lowest BCUT2D eigenvalue weighted by atomic mass is 10.0. The highest BCUT2D eigenvalue weighted by Gasteiger charge is 2.14. The first kappa shape index (κ1) is 13.3. The maximum Gasteiger partial charge on any atom is 0.123 e. The number of nitrogens with zero attached hydrogens (tertiary/aromatic N) is 4. The van der Waals surface area contributed by atoms with Crippen molar-refractivity contribution in [2.24, 2.45) is 0 Å². The molecule has 0 saturated carbocycles. The van der Waals surface area contributed by atoms with E-state index < -0.39 is 0 Å². The smallest absolute Gasteiger partial charge is 0.123 e. The van der Waals surface area contributed by atoms with Crippen LogP contribution in [-0.4, -0.2) is 29.0 Å². The fourth-order valence-corrected chi connectivity index (χ4v) is 2.13. The number of benzene rings is 1. The third-order valence-corrected chi connectivity index (χ3v) is 3.22. The summed E-state index contributed by atoms with van der Waals surface area (Å²) in [6.07, 6.45) is 5.45. The molecule has 5 heteroatoms. The van der Waals surface area contributed by atoms with Crippen LogP contribution < -0.4 is 5.01 Å². The first-order chi connectivity index (χ1) is 10.1. The van der Waals surface area contributed by atoms with E-state index in [0.717, 1.165) is 22.4 Å². The summed E-state index contributed by atoms with van der Waals surface area (Å²) in [5.41, 5.74) is 3.70. The summed E-state index contributed by atoms with van der Waals surface area (Å²) < 4.78 is 13.1. The third kappa shape index (κ3) is 2.63. The molecule has 1 aromatic carbocycles. The Bertz CT molecular complexity index is 733. The van der Waals surface area contributed by atoms with Gasteiger partial charge in [0.25, 0.3) is 0 Å². The molecule has 21 heavy (non-hydrogen) atoms. The minimum Gasteiger partial charge on any atom is -0.303 e. The molecule has 0 aliphatic heterocycles. The molecular weight excluding hydrogens is 267 g/mol. The summed E-state index contributed by atoms with van der Waals surface area (Å²) in [5.74, 6) is -0.253. The Hall–Kier alpha value is -2.69. The van der Waals surface area contributed by atoms with Crippen molar-refractivity contribution in [1.29, 1.82) is 0 Å². The number of halogens is 1. The van der Waals surface area contributed by atoms with Crippen LogP contribution >= 0.6 is 0 Å². The lowest BCUT2D eigenvalue weighted by molar-refractivity contribution is 0.627. The number of pyridine rings is 1. The first-order valence-electron chi connectivity index (χ1n) is 6.59. The Kier molecular flexibility index (Phi) is 3.39. The van der Waals surface area contributed by atoms with Crippen LogP contribution in [0.25, 0.3) is 22.4 Å². The summed E-state index contributed by atoms with van der Waals surface area (Å²) in [7, 11) is 3.83. The van der Waals surface area contributed by atoms with Gasteiger partial charge in [0.15, 0.2) is 0 Å². The van der Waals surface area contributed by atoms with Crippen LogP contribution in [0, 0.1) is 5.82 Å². The second kappa shape index (κ2) is 5.36. The molecule has 0 atom stereocenters. The molecule has 3 aromatic rings. The van der Waals surface area contributed by atoms with E-state index in [9.17, 15) is 4.39 Å². The Morgan fingerprint density at radius 3 is 2.24 bits per heavy atom. The standard InChI is InChI=1S/C16H15FN4/c1-20(2)21-11-15(12-7-9-18-10-8-12)16(19-21)13-3-5-14(17)6-4-13/h3-11H,1-2H3. The molecule has 2 aromatic heterocycles. The van der Waals surface area contributed by atoms with Crippen LogP contribution in [0.5, 0.6) is 0 Å². The highest BCUT2D eigenvalue weighted by molar-refractivity contribution is 5.80. The molecule has 0 fully saturated rings. The molecule has 0 bridgehead atoms. The molecule has 0 aliphatic carbocycles. The predicted molar refractivity (Wildman–Crippen MR) is 80.9 cm³/mol. The van der Waals surface area contributed by atoms with Crippen LogP contribution in [0.2, 0.25) is 0 Å². The number of hydrogen-bond acceptors (Lipinski definition) is 3. The Balaban J connectivity index is 2.16. The fraction of sp³-hybridized carbons (Fsp3) is 0.125. The lowest BCUT2D eigenvalue weighted by Gasteiger charge is -2.10. The second-order valence-electron chi connectivity index (χ2n) is 4.90. The number of hydrogen-bond donors (Lipinski definition) is 0. The minimum atomic E-state index is -0.253. The van der Waals surface area contributed by atoms with Crippen molar-refractivity contribution in [2.75, 3.05) is 19.1 Å². The van der Waals surface area contributed by atoms with E-state index in [0.29, 0.717) is 0 Å². The monoisotopic (exact) mass is 282 g/mol. The average Bonchev–Trinajstić information content (AvgIpc) is 2.94. The zero-order valence-electron chi connectivity index (χ0n) is 11.9. The van der Waals surface area contributed by atoms with E-state index in [1.165, 1.54) is 12.1 Å². The van der Waals surface area contributed by atoms with Crippen molar-refractivity contribution in [3.8, 4) is 22.4 Å². The van der Waals surface area contributed by atoms with Crippen LogP contribution in [-0.2, 0) is 0 Å². The molecule has 106 valence electrons. The normalized spacial score (nSPS) is 10.6. The number of rotatable bonds is 3. The molecule has 0 N–H and O–H groups in total. The van der Waals surface area contributed by atoms with Crippen molar-refractivity contribution < 1.29 is 4.39 Å². The van der Waals surface area contributed by atoms with Gasteiger partial charge in [-0.25, -0.2) is 4.39 Å². The third-order valence-electron chi connectivity index (χ3n) is 3.22. The van der Waals surface area contributed by atoms with E-state index in [1.54, 1.807) is 29.3 Å². The highest BCUT2D eigenvalue weighted by Crippen LogP contribution is 2.30. The summed E-state index contributed by atoms with van der Waals surface area (Å²) in [5, 5.41) is 6.46. The second-order valence-corrected chi connectivity index (χ2v) is 4.90. The average molecular weight is 282 g/mol. The van der Waals surface area contributed by atoms with Crippen molar-refractivity contribution in [3.05, 3.63) is 60.8 Å². The van der Waals surface area contributed by atoms with Gasteiger partial charge in [-0.15, -0.1) is 0 Å². The van der Waals surface area contributed by atoms with E-state index in [4.69, 9.17) is 0 Å². The zero-order chi connectivity index (χ0) is 14.8. The summed E-state index contributed by atoms with van der Waals surface area (Å²) in [6, 6.07) is 10.2. The van der Waals surface area contributed by atoms with Gasteiger partial charge in [0.2, 0.25) is 0 Å².